The second-order valence-corrected chi connectivity index (χ2v) is 7.23. The summed E-state index contributed by atoms with van der Waals surface area (Å²) in [5.41, 5.74) is 1.19. The monoisotopic (exact) mass is 408 g/mol. The average Bonchev–Trinajstić information content (AvgIpc) is 3.20. The fourth-order valence-electron chi connectivity index (χ4n) is 3.72. The lowest BCUT2D eigenvalue weighted by Crippen LogP contribution is -2.38. The summed E-state index contributed by atoms with van der Waals surface area (Å²) in [6, 6.07) is 3.07. The number of nitrogens with zero attached hydrogens (tertiary/aromatic N) is 2. The van der Waals surface area contributed by atoms with Gasteiger partial charge in [0.2, 0.25) is 0 Å². The molecule has 1 aliphatic heterocycles. The molecule has 2 heterocycles. The maximum Gasteiger partial charge on any atom is 0.254 e. The number of aromatic amines is 1. The number of hydrogen-bond acceptors (Lipinski definition) is 5. The Morgan fingerprint density at radius 2 is 2.31 bits per heavy atom. The van der Waals surface area contributed by atoms with E-state index >= 15 is 0 Å². The SMILES string of the molecule is COCCNC(=O)c1cn[nH]c1[C@H]1CCCN(C[C@H](O)c2cc(F)ccc2F)C1. The lowest BCUT2D eigenvalue weighted by molar-refractivity contribution is 0.0900. The number of ether oxygens (including phenoxy) is 1. The predicted octanol–water partition coefficient (Wildman–Crippen LogP) is 1.98. The standard InChI is InChI=1S/C20H26F2N4O3/c1-29-8-6-23-20(28)16-10-24-25-19(16)13-3-2-7-26(11-13)12-18(27)15-9-14(21)4-5-17(15)22/h4-5,9-10,13,18,27H,2-3,6-8,11-12H2,1H3,(H,23,28)(H,24,25)/t13-,18-/m0/s1. The molecule has 0 unspecified atom stereocenters. The van der Waals surface area contributed by atoms with Crippen molar-refractivity contribution in [2.24, 2.45) is 0 Å². The van der Waals surface area contributed by atoms with Gasteiger partial charge in [-0.2, -0.15) is 5.10 Å². The molecular formula is C20H26F2N4O3. The summed E-state index contributed by atoms with van der Waals surface area (Å²) in [7, 11) is 1.57. The van der Waals surface area contributed by atoms with Crippen LogP contribution >= 0.6 is 0 Å². The number of carbonyl (C=O) groups excluding carboxylic acids is 1. The van der Waals surface area contributed by atoms with Crippen LogP contribution in [0.25, 0.3) is 0 Å². The normalized spacial score (nSPS) is 18.6. The smallest absolute Gasteiger partial charge is 0.254 e. The van der Waals surface area contributed by atoms with E-state index in [1.54, 1.807) is 7.11 Å². The Morgan fingerprint density at radius 1 is 1.48 bits per heavy atom. The molecule has 2 atom stereocenters. The second kappa shape index (κ2) is 9.91. The number of methoxy groups -OCH3 is 1. The van der Waals surface area contributed by atoms with E-state index in [9.17, 15) is 18.7 Å². The minimum atomic E-state index is -1.14. The van der Waals surface area contributed by atoms with Gasteiger partial charge in [0.15, 0.2) is 0 Å². The molecular weight excluding hydrogens is 382 g/mol. The van der Waals surface area contributed by atoms with Gasteiger partial charge in [0, 0.05) is 38.2 Å². The van der Waals surface area contributed by atoms with E-state index in [1.807, 2.05) is 4.90 Å². The van der Waals surface area contributed by atoms with Gasteiger partial charge in [-0.15, -0.1) is 0 Å². The summed E-state index contributed by atoms with van der Waals surface area (Å²) >= 11 is 0. The summed E-state index contributed by atoms with van der Waals surface area (Å²) < 4.78 is 32.3. The Balaban J connectivity index is 1.65. The van der Waals surface area contributed by atoms with E-state index in [0.717, 1.165) is 43.3 Å². The number of piperidine rings is 1. The first-order valence-corrected chi connectivity index (χ1v) is 9.65. The number of halogens is 2. The van der Waals surface area contributed by atoms with E-state index in [-0.39, 0.29) is 23.9 Å². The number of aliphatic hydroxyl groups is 1. The van der Waals surface area contributed by atoms with Crippen molar-refractivity contribution in [3.05, 3.63) is 52.9 Å². The zero-order valence-electron chi connectivity index (χ0n) is 16.3. The maximum absolute atomic E-state index is 13.9. The Labute approximate surface area is 168 Å². The van der Waals surface area contributed by atoms with Gasteiger partial charge in [-0.25, -0.2) is 8.78 Å². The van der Waals surface area contributed by atoms with Crippen LogP contribution in [-0.4, -0.2) is 66.0 Å². The van der Waals surface area contributed by atoms with Crippen LogP contribution in [0, 0.1) is 11.6 Å². The molecule has 7 nitrogen and oxygen atoms in total. The van der Waals surface area contributed by atoms with E-state index in [1.165, 1.54) is 6.20 Å². The average molecular weight is 408 g/mol. The van der Waals surface area contributed by atoms with Gasteiger partial charge in [0.25, 0.3) is 5.91 Å². The number of aliphatic hydroxyl groups excluding tert-OH is 1. The molecule has 1 saturated heterocycles. The van der Waals surface area contributed by atoms with E-state index in [4.69, 9.17) is 4.74 Å². The lowest BCUT2D eigenvalue weighted by atomic mass is 9.92. The molecule has 0 spiro atoms. The van der Waals surface area contributed by atoms with Crippen LogP contribution in [-0.2, 0) is 4.74 Å². The number of H-pyrrole nitrogens is 1. The molecule has 0 aliphatic carbocycles. The lowest BCUT2D eigenvalue weighted by Gasteiger charge is -2.33. The van der Waals surface area contributed by atoms with E-state index in [2.05, 4.69) is 15.5 Å². The molecule has 3 rings (SSSR count). The number of benzene rings is 1. The van der Waals surface area contributed by atoms with Crippen molar-refractivity contribution in [3.8, 4) is 0 Å². The largest absolute Gasteiger partial charge is 0.387 e. The van der Waals surface area contributed by atoms with Gasteiger partial charge in [-0.05, 0) is 37.6 Å². The fraction of sp³-hybridized carbons (Fsp3) is 0.500. The quantitative estimate of drug-likeness (QED) is 0.581. The highest BCUT2D eigenvalue weighted by Crippen LogP contribution is 2.29. The number of aromatic nitrogens is 2. The summed E-state index contributed by atoms with van der Waals surface area (Å²) in [5.74, 6) is -1.40. The molecule has 1 aromatic heterocycles. The van der Waals surface area contributed by atoms with E-state index in [0.29, 0.717) is 25.3 Å². The first-order chi connectivity index (χ1) is 14.0. The highest BCUT2D eigenvalue weighted by Gasteiger charge is 2.28. The van der Waals surface area contributed by atoms with Gasteiger partial charge in [-0.1, -0.05) is 0 Å². The van der Waals surface area contributed by atoms with Crippen molar-refractivity contribution in [1.29, 1.82) is 0 Å². The molecule has 2 aromatic rings. The van der Waals surface area contributed by atoms with Crippen LogP contribution in [0.1, 0.15) is 46.5 Å². The van der Waals surface area contributed by atoms with Crippen LogP contribution in [0.2, 0.25) is 0 Å². The molecule has 0 radical (unpaired) electrons. The number of nitrogens with one attached hydrogen (secondary N) is 2. The zero-order chi connectivity index (χ0) is 20.8. The third-order valence-electron chi connectivity index (χ3n) is 5.17. The highest BCUT2D eigenvalue weighted by molar-refractivity contribution is 5.95. The molecule has 0 bridgehead atoms. The number of hydrogen-bond donors (Lipinski definition) is 3. The molecule has 1 amide bonds. The maximum atomic E-state index is 13.9. The third kappa shape index (κ3) is 5.37. The fourth-order valence-corrected chi connectivity index (χ4v) is 3.72. The Morgan fingerprint density at radius 3 is 3.10 bits per heavy atom. The van der Waals surface area contributed by atoms with Crippen LogP contribution in [0.15, 0.2) is 24.4 Å². The Kier molecular flexibility index (Phi) is 7.29. The number of carbonyl (C=O) groups is 1. The molecule has 1 fully saturated rings. The number of β-amino-alcohol motifs (C(OH)–C–C–N with tert-alkyl or cyclic N) is 1. The van der Waals surface area contributed by atoms with Crippen LogP contribution in [0.3, 0.4) is 0 Å². The van der Waals surface area contributed by atoms with E-state index < -0.39 is 17.7 Å². The summed E-state index contributed by atoms with van der Waals surface area (Å²) in [6.07, 6.45) is 2.09. The van der Waals surface area contributed by atoms with Gasteiger partial charge >= 0.3 is 0 Å². The molecule has 158 valence electrons. The molecule has 1 aromatic carbocycles. The molecule has 29 heavy (non-hydrogen) atoms. The highest BCUT2D eigenvalue weighted by atomic mass is 19.1. The molecule has 3 N–H and O–H groups in total. The van der Waals surface area contributed by atoms with Crippen LogP contribution < -0.4 is 5.32 Å². The minimum Gasteiger partial charge on any atom is -0.387 e. The first kappa shape index (κ1) is 21.4. The van der Waals surface area contributed by atoms with Crippen molar-refractivity contribution in [2.45, 2.75) is 24.9 Å². The van der Waals surface area contributed by atoms with Crippen molar-refractivity contribution in [3.63, 3.8) is 0 Å². The molecule has 1 aliphatic rings. The minimum absolute atomic E-state index is 0.0268. The van der Waals surface area contributed by atoms with Crippen molar-refractivity contribution in [1.82, 2.24) is 20.4 Å². The van der Waals surface area contributed by atoms with Crippen LogP contribution in [0.5, 0.6) is 0 Å². The summed E-state index contributed by atoms with van der Waals surface area (Å²) in [5, 5.41) is 20.2. The van der Waals surface area contributed by atoms with Gasteiger partial charge in [0.1, 0.15) is 11.6 Å². The summed E-state index contributed by atoms with van der Waals surface area (Å²) in [6.45, 7) is 2.32. The van der Waals surface area contributed by atoms with Crippen LogP contribution in [0.4, 0.5) is 8.78 Å². The predicted molar refractivity (Wildman–Crippen MR) is 103 cm³/mol. The zero-order valence-corrected chi connectivity index (χ0v) is 16.3. The van der Waals surface area contributed by atoms with Crippen molar-refractivity contribution in [2.75, 3.05) is 39.9 Å². The number of likely N-dealkylation sites (tertiary alicyclic amines) is 1. The van der Waals surface area contributed by atoms with Gasteiger partial charge in [0.05, 0.1) is 30.2 Å². The summed E-state index contributed by atoms with van der Waals surface area (Å²) in [4.78, 5) is 14.4. The molecule has 9 heteroatoms. The van der Waals surface area contributed by atoms with Crippen molar-refractivity contribution >= 4 is 5.91 Å². The van der Waals surface area contributed by atoms with Gasteiger partial charge < -0.3 is 15.2 Å². The number of rotatable bonds is 8. The Bertz CT molecular complexity index is 830. The second-order valence-electron chi connectivity index (χ2n) is 7.23. The molecule has 0 saturated carbocycles. The Hall–Kier alpha value is -2.36. The van der Waals surface area contributed by atoms with Crippen molar-refractivity contribution < 1.29 is 23.4 Å². The third-order valence-corrected chi connectivity index (χ3v) is 5.17. The first-order valence-electron chi connectivity index (χ1n) is 9.65. The van der Waals surface area contributed by atoms with Gasteiger partial charge in [-0.3, -0.25) is 14.8 Å². The number of amides is 1. The topological polar surface area (TPSA) is 90.5 Å².